The number of aromatic nitrogens is 1. The topological polar surface area (TPSA) is 4.93 Å². The summed E-state index contributed by atoms with van der Waals surface area (Å²) in [7, 11) is 0. The van der Waals surface area contributed by atoms with Gasteiger partial charge in [-0.25, -0.2) is 0 Å². The van der Waals surface area contributed by atoms with Crippen molar-refractivity contribution < 1.29 is 0 Å². The fraction of sp³-hybridized carbons (Fsp3) is 0. The molecule has 0 spiro atoms. The maximum Gasteiger partial charge on any atom is 0.0535 e. The van der Waals surface area contributed by atoms with Crippen LogP contribution in [0.15, 0.2) is 237 Å². The van der Waals surface area contributed by atoms with Gasteiger partial charge in [0.15, 0.2) is 0 Å². The summed E-state index contributed by atoms with van der Waals surface area (Å²) in [6.07, 6.45) is 2.34. The molecule has 1 heteroatoms. The van der Waals surface area contributed by atoms with Crippen LogP contribution in [-0.4, -0.2) is 4.57 Å². The van der Waals surface area contributed by atoms with Gasteiger partial charge in [0.2, 0.25) is 0 Å². The minimum Gasteiger partial charge on any atom is -0.316 e. The van der Waals surface area contributed by atoms with Gasteiger partial charge in [0.1, 0.15) is 0 Å². The molecule has 0 saturated carbocycles. The van der Waals surface area contributed by atoms with Crippen molar-refractivity contribution >= 4 is 10.9 Å². The van der Waals surface area contributed by atoms with Gasteiger partial charge in [0.05, 0.1) is 5.52 Å². The Morgan fingerprint density at radius 2 is 0.614 bits per heavy atom. The number of benzene rings is 9. The van der Waals surface area contributed by atoms with Crippen LogP contribution in [-0.2, 0) is 0 Å². The molecule has 0 aliphatic rings. The maximum absolute atomic E-state index is 2.41. The van der Waals surface area contributed by atoms with Gasteiger partial charge in [-0.1, -0.05) is 194 Å². The molecule has 0 unspecified atom stereocenters. The van der Waals surface area contributed by atoms with Gasteiger partial charge in [0, 0.05) is 22.8 Å². The van der Waals surface area contributed by atoms with Gasteiger partial charge in [-0.05, 0) is 109 Å². The number of fused-ring (bicyclic) bond motifs is 1. The zero-order valence-corrected chi connectivity index (χ0v) is 31.5. The summed E-state index contributed by atoms with van der Waals surface area (Å²) in [5.74, 6) is 0. The average Bonchev–Trinajstić information content (AvgIpc) is 3.69. The average molecular weight is 726 g/mol. The van der Waals surface area contributed by atoms with E-state index in [0.717, 1.165) is 11.2 Å². The highest BCUT2D eigenvalue weighted by atomic mass is 15.0. The molecule has 10 rings (SSSR count). The summed E-state index contributed by atoms with van der Waals surface area (Å²) >= 11 is 0. The predicted molar refractivity (Wildman–Crippen MR) is 241 cm³/mol. The molecule has 0 bridgehead atoms. The Kier molecular flexibility index (Phi) is 8.95. The highest BCUT2D eigenvalue weighted by molar-refractivity contribution is 6.04. The van der Waals surface area contributed by atoms with E-state index in [4.69, 9.17) is 0 Å². The lowest BCUT2D eigenvalue weighted by Gasteiger charge is -2.15. The molecular weight excluding hydrogens is 687 g/mol. The molecule has 0 saturated heterocycles. The van der Waals surface area contributed by atoms with E-state index in [9.17, 15) is 0 Å². The van der Waals surface area contributed by atoms with Crippen molar-refractivity contribution in [1.29, 1.82) is 0 Å². The number of nitrogens with zero attached hydrogens (tertiary/aromatic N) is 1. The van der Waals surface area contributed by atoms with E-state index in [1.54, 1.807) is 0 Å². The zero-order chi connectivity index (χ0) is 38.0. The monoisotopic (exact) mass is 725 g/mol. The van der Waals surface area contributed by atoms with Crippen LogP contribution in [0.5, 0.6) is 0 Å². The first-order valence-corrected chi connectivity index (χ1v) is 19.6. The van der Waals surface area contributed by atoms with Crippen LogP contribution in [0.1, 0.15) is 0 Å². The van der Waals surface area contributed by atoms with Crippen LogP contribution < -0.4 is 0 Å². The summed E-state index contributed by atoms with van der Waals surface area (Å²) in [4.78, 5) is 0. The number of hydrogen-bond donors (Lipinski definition) is 0. The lowest BCUT2D eigenvalue weighted by molar-refractivity contribution is 1.13. The van der Waals surface area contributed by atoms with Crippen molar-refractivity contribution in [3.05, 3.63) is 237 Å². The van der Waals surface area contributed by atoms with Crippen molar-refractivity contribution in [3.63, 3.8) is 0 Å². The van der Waals surface area contributed by atoms with E-state index in [1.165, 1.54) is 83.3 Å². The molecule has 0 atom stereocenters. The first kappa shape index (κ1) is 34.0. The summed E-state index contributed by atoms with van der Waals surface area (Å²) in [6, 6.07) is 83.3. The van der Waals surface area contributed by atoms with Gasteiger partial charge in [0.25, 0.3) is 0 Å². The van der Waals surface area contributed by atoms with E-state index >= 15 is 0 Å². The zero-order valence-electron chi connectivity index (χ0n) is 31.5. The number of hydrogen-bond acceptors (Lipinski definition) is 0. The van der Waals surface area contributed by atoms with E-state index in [2.05, 4.69) is 241 Å². The summed E-state index contributed by atoms with van der Waals surface area (Å²) in [6.45, 7) is 0. The Hall–Kier alpha value is -7.48. The second kappa shape index (κ2) is 15.0. The van der Waals surface area contributed by atoms with Gasteiger partial charge in [-0.15, -0.1) is 0 Å². The molecule has 0 aliphatic heterocycles. The highest BCUT2D eigenvalue weighted by Crippen LogP contribution is 2.43. The molecule has 0 fully saturated rings. The minimum atomic E-state index is 1.12. The first-order chi connectivity index (χ1) is 28.3. The Morgan fingerprint density at radius 3 is 1.12 bits per heavy atom. The molecule has 268 valence electrons. The summed E-state index contributed by atoms with van der Waals surface area (Å²) in [5, 5.41) is 1.20. The smallest absolute Gasteiger partial charge is 0.0535 e. The lowest BCUT2D eigenvalue weighted by atomic mass is 9.89. The molecule has 0 aliphatic carbocycles. The standard InChI is InChI=1S/C56H39N/c1-6-16-40(17-7-1)43-26-31-49(32-27-43)57-39-55(51-34-29-47(42-20-10-3-11-21-42)37-53(51)45-24-14-5-15-25-45)54-38-48(30-35-56(54)57)50-33-28-46(41-18-8-2-9-19-41)36-52(50)44-22-12-4-13-23-44/h1-39H. The molecule has 1 aromatic heterocycles. The molecular formula is C56H39N. The van der Waals surface area contributed by atoms with Crippen molar-refractivity contribution in [2.24, 2.45) is 0 Å². The van der Waals surface area contributed by atoms with Crippen molar-refractivity contribution in [2.75, 3.05) is 0 Å². The third-order valence-corrected chi connectivity index (χ3v) is 11.1. The molecule has 0 amide bonds. The molecule has 0 radical (unpaired) electrons. The lowest BCUT2D eigenvalue weighted by Crippen LogP contribution is -1.92. The van der Waals surface area contributed by atoms with Crippen molar-refractivity contribution in [3.8, 4) is 83.6 Å². The van der Waals surface area contributed by atoms with Crippen molar-refractivity contribution in [2.45, 2.75) is 0 Å². The second-order valence-corrected chi connectivity index (χ2v) is 14.5. The van der Waals surface area contributed by atoms with Crippen molar-refractivity contribution in [1.82, 2.24) is 4.57 Å². The van der Waals surface area contributed by atoms with E-state index in [1.807, 2.05) is 0 Å². The van der Waals surface area contributed by atoms with Crippen LogP contribution in [0.2, 0.25) is 0 Å². The quantitative estimate of drug-likeness (QED) is 0.147. The molecule has 1 heterocycles. The fourth-order valence-electron chi connectivity index (χ4n) is 8.18. The largest absolute Gasteiger partial charge is 0.316 e. The van der Waals surface area contributed by atoms with Gasteiger partial charge in [-0.2, -0.15) is 0 Å². The molecule has 1 nitrogen and oxygen atoms in total. The third kappa shape index (κ3) is 6.66. The van der Waals surface area contributed by atoms with E-state index in [-0.39, 0.29) is 0 Å². The maximum atomic E-state index is 2.41. The normalized spacial score (nSPS) is 11.2. The summed E-state index contributed by atoms with van der Waals surface area (Å²) in [5.41, 5.74) is 19.1. The SMILES string of the molecule is c1ccc(-c2ccc(-n3cc(-c4ccc(-c5ccccc5)cc4-c4ccccc4)c4cc(-c5ccc(-c6ccccc6)cc5-c5ccccc5)ccc43)cc2)cc1. The fourth-order valence-corrected chi connectivity index (χ4v) is 8.18. The number of rotatable bonds is 8. The Balaban J connectivity index is 1.19. The highest BCUT2D eigenvalue weighted by Gasteiger charge is 2.19. The first-order valence-electron chi connectivity index (χ1n) is 19.6. The predicted octanol–water partition coefficient (Wildman–Crippen LogP) is 15.3. The van der Waals surface area contributed by atoms with E-state index in [0.29, 0.717) is 0 Å². The Labute approximate surface area is 334 Å². The van der Waals surface area contributed by atoms with Crippen LogP contribution in [0.4, 0.5) is 0 Å². The molecule has 0 N–H and O–H groups in total. The van der Waals surface area contributed by atoms with Gasteiger partial charge < -0.3 is 4.57 Å². The van der Waals surface area contributed by atoms with Crippen LogP contribution in [0.25, 0.3) is 94.5 Å². The van der Waals surface area contributed by atoms with Gasteiger partial charge in [-0.3, -0.25) is 0 Å². The van der Waals surface area contributed by atoms with Crippen LogP contribution in [0.3, 0.4) is 0 Å². The minimum absolute atomic E-state index is 1.12. The Bertz CT molecular complexity index is 2950. The third-order valence-electron chi connectivity index (χ3n) is 11.1. The molecule has 9 aromatic carbocycles. The molecule has 10 aromatic rings. The van der Waals surface area contributed by atoms with Crippen LogP contribution >= 0.6 is 0 Å². The van der Waals surface area contributed by atoms with Gasteiger partial charge >= 0.3 is 0 Å². The molecule has 57 heavy (non-hydrogen) atoms. The van der Waals surface area contributed by atoms with Crippen LogP contribution in [0, 0.1) is 0 Å². The second-order valence-electron chi connectivity index (χ2n) is 14.5. The summed E-state index contributed by atoms with van der Waals surface area (Å²) < 4.78 is 2.36. The Morgan fingerprint density at radius 1 is 0.228 bits per heavy atom. The van der Waals surface area contributed by atoms with E-state index < -0.39 is 0 Å².